The van der Waals surface area contributed by atoms with Crippen LogP contribution in [0.25, 0.3) is 0 Å². The van der Waals surface area contributed by atoms with Gasteiger partial charge in [-0.25, -0.2) is 0 Å². The van der Waals surface area contributed by atoms with Crippen LogP contribution in [0.2, 0.25) is 0 Å². The van der Waals surface area contributed by atoms with Crippen molar-refractivity contribution in [3.05, 3.63) is 65.7 Å². The van der Waals surface area contributed by atoms with Crippen molar-refractivity contribution in [3.63, 3.8) is 0 Å². The normalized spacial score (nSPS) is 18.5. The molecule has 1 N–H and O–H groups in total. The highest BCUT2D eigenvalue weighted by Gasteiger charge is 2.33. The molecule has 2 aromatic rings. The molecule has 0 aromatic heterocycles. The summed E-state index contributed by atoms with van der Waals surface area (Å²) < 4.78 is 6.07. The lowest BCUT2D eigenvalue weighted by molar-refractivity contribution is 0.0835. The molecule has 0 radical (unpaired) electrons. The lowest BCUT2D eigenvalue weighted by atomic mass is 9.76. The van der Waals surface area contributed by atoms with Gasteiger partial charge in [-0.2, -0.15) is 0 Å². The molecule has 1 saturated carbocycles. The molecule has 1 saturated heterocycles. The van der Waals surface area contributed by atoms with Crippen LogP contribution in [0.3, 0.4) is 0 Å². The molecule has 4 rings (SSSR count). The fourth-order valence-electron chi connectivity index (χ4n) is 4.03. The average Bonchev–Trinajstić information content (AvgIpc) is 2.65. The molecule has 0 bridgehead atoms. The van der Waals surface area contributed by atoms with Gasteiger partial charge in [-0.15, -0.1) is 24.8 Å². The van der Waals surface area contributed by atoms with Crippen molar-refractivity contribution in [2.24, 2.45) is 5.92 Å². The van der Waals surface area contributed by atoms with Gasteiger partial charge in [0.25, 0.3) is 0 Å². The summed E-state index contributed by atoms with van der Waals surface area (Å²) in [6, 6.07) is 19.7. The second kappa shape index (κ2) is 10.9. The molecular weight excluding hydrogens is 379 g/mol. The largest absolute Gasteiger partial charge is 0.489 e. The number of benzene rings is 2. The second-order valence-corrected chi connectivity index (χ2v) is 7.27. The Morgan fingerprint density at radius 1 is 0.963 bits per heavy atom. The summed E-state index contributed by atoms with van der Waals surface area (Å²) in [6.07, 6.45) is 4.12. The van der Waals surface area contributed by atoms with Gasteiger partial charge >= 0.3 is 0 Å². The number of hydrogen-bond acceptors (Lipinski definition) is 3. The predicted octanol–water partition coefficient (Wildman–Crippen LogP) is 4.86. The maximum atomic E-state index is 6.07. The minimum absolute atomic E-state index is 0. The lowest BCUT2D eigenvalue weighted by Gasteiger charge is -2.43. The van der Waals surface area contributed by atoms with Gasteiger partial charge in [-0.3, -0.25) is 4.90 Å². The average molecular weight is 409 g/mol. The molecule has 148 valence electrons. The first-order valence-electron chi connectivity index (χ1n) is 9.61. The number of hydrogen-bond donors (Lipinski definition) is 1. The first-order valence-corrected chi connectivity index (χ1v) is 9.61. The third kappa shape index (κ3) is 5.61. The van der Waals surface area contributed by atoms with E-state index < -0.39 is 0 Å². The first kappa shape index (κ1) is 22.0. The number of rotatable bonds is 6. The van der Waals surface area contributed by atoms with Crippen LogP contribution in [-0.4, -0.2) is 31.1 Å². The van der Waals surface area contributed by atoms with Gasteiger partial charge in [0.2, 0.25) is 0 Å². The van der Waals surface area contributed by atoms with E-state index in [-0.39, 0.29) is 24.8 Å². The number of ether oxygens (including phenoxy) is 1. The van der Waals surface area contributed by atoms with Crippen molar-refractivity contribution in [3.8, 4) is 5.75 Å². The Balaban J connectivity index is 0.00000131. The zero-order chi connectivity index (χ0) is 16.9. The number of piperazine rings is 1. The predicted molar refractivity (Wildman–Crippen MR) is 116 cm³/mol. The van der Waals surface area contributed by atoms with Crippen molar-refractivity contribution in [2.75, 3.05) is 26.2 Å². The Bertz CT molecular complexity index is 673. The molecule has 27 heavy (non-hydrogen) atoms. The van der Waals surface area contributed by atoms with E-state index in [1.807, 2.05) is 6.07 Å². The third-order valence-electron chi connectivity index (χ3n) is 5.59. The molecule has 0 unspecified atom stereocenters. The van der Waals surface area contributed by atoms with Gasteiger partial charge < -0.3 is 10.1 Å². The Labute approximate surface area is 175 Å². The number of nitrogens with zero attached hydrogens (tertiary/aromatic N) is 1. The molecular formula is C22H30Cl2N2O. The summed E-state index contributed by atoms with van der Waals surface area (Å²) in [5, 5.41) is 3.48. The summed E-state index contributed by atoms with van der Waals surface area (Å²) in [5.41, 5.74) is 2.64. The highest BCUT2D eigenvalue weighted by molar-refractivity contribution is 5.85. The molecule has 3 nitrogen and oxygen atoms in total. The van der Waals surface area contributed by atoms with E-state index in [1.165, 1.54) is 30.4 Å². The minimum atomic E-state index is 0. The van der Waals surface area contributed by atoms with E-state index in [4.69, 9.17) is 4.74 Å². The van der Waals surface area contributed by atoms with Gasteiger partial charge in [-0.05, 0) is 42.0 Å². The highest BCUT2D eigenvalue weighted by Crippen LogP contribution is 2.42. The van der Waals surface area contributed by atoms with Crippen molar-refractivity contribution in [1.82, 2.24) is 10.2 Å². The molecule has 0 amide bonds. The van der Waals surface area contributed by atoms with E-state index in [0.717, 1.165) is 37.8 Å². The zero-order valence-corrected chi connectivity index (χ0v) is 17.3. The van der Waals surface area contributed by atoms with Crippen LogP contribution in [0.1, 0.15) is 36.4 Å². The molecule has 1 aliphatic carbocycles. The molecule has 1 heterocycles. The van der Waals surface area contributed by atoms with Gasteiger partial charge in [0.05, 0.1) is 0 Å². The van der Waals surface area contributed by atoms with E-state index in [9.17, 15) is 0 Å². The van der Waals surface area contributed by atoms with Crippen LogP contribution in [0.15, 0.2) is 54.6 Å². The number of halogens is 2. The summed E-state index contributed by atoms with van der Waals surface area (Å²) >= 11 is 0. The highest BCUT2D eigenvalue weighted by atomic mass is 35.5. The Kier molecular flexibility index (Phi) is 8.91. The van der Waals surface area contributed by atoms with Crippen LogP contribution in [0, 0.1) is 5.92 Å². The molecule has 1 aliphatic heterocycles. The summed E-state index contributed by atoms with van der Waals surface area (Å²) in [5.74, 6) is 1.79. The van der Waals surface area contributed by atoms with Gasteiger partial charge in [0, 0.05) is 32.2 Å². The van der Waals surface area contributed by atoms with E-state index in [2.05, 4.69) is 58.7 Å². The van der Waals surface area contributed by atoms with Crippen LogP contribution >= 0.6 is 24.8 Å². The van der Waals surface area contributed by atoms with Crippen molar-refractivity contribution in [1.29, 1.82) is 0 Å². The molecule has 2 aliphatic rings. The topological polar surface area (TPSA) is 24.5 Å². The quantitative estimate of drug-likeness (QED) is 0.738. The Morgan fingerprint density at radius 3 is 2.37 bits per heavy atom. The maximum Gasteiger partial charge on any atom is 0.120 e. The van der Waals surface area contributed by atoms with Crippen molar-refractivity contribution < 1.29 is 4.74 Å². The summed E-state index contributed by atoms with van der Waals surface area (Å²) in [7, 11) is 0. The molecule has 2 fully saturated rings. The van der Waals surface area contributed by atoms with Gasteiger partial charge in [-0.1, -0.05) is 48.9 Å². The van der Waals surface area contributed by atoms with Crippen LogP contribution < -0.4 is 10.1 Å². The van der Waals surface area contributed by atoms with Crippen molar-refractivity contribution in [2.45, 2.75) is 31.9 Å². The van der Waals surface area contributed by atoms with Gasteiger partial charge in [0.1, 0.15) is 12.4 Å². The molecule has 2 aromatic carbocycles. The fraction of sp³-hybridized carbons (Fsp3) is 0.455. The maximum absolute atomic E-state index is 6.07. The monoisotopic (exact) mass is 408 g/mol. The van der Waals surface area contributed by atoms with Crippen LogP contribution in [0.5, 0.6) is 5.75 Å². The van der Waals surface area contributed by atoms with Gasteiger partial charge in [0.15, 0.2) is 0 Å². The van der Waals surface area contributed by atoms with Crippen molar-refractivity contribution >= 4 is 24.8 Å². The minimum Gasteiger partial charge on any atom is -0.489 e. The Morgan fingerprint density at radius 2 is 1.70 bits per heavy atom. The van der Waals surface area contributed by atoms with E-state index in [0.29, 0.717) is 12.6 Å². The fourth-order valence-corrected chi connectivity index (χ4v) is 4.03. The molecule has 1 atom stereocenters. The second-order valence-electron chi connectivity index (χ2n) is 7.27. The van der Waals surface area contributed by atoms with E-state index >= 15 is 0 Å². The number of nitrogens with one attached hydrogen (secondary N) is 1. The molecule has 0 spiro atoms. The zero-order valence-electron chi connectivity index (χ0n) is 15.7. The molecule has 5 heteroatoms. The Hall–Kier alpha value is -1.26. The summed E-state index contributed by atoms with van der Waals surface area (Å²) in [4.78, 5) is 2.68. The lowest BCUT2D eigenvalue weighted by Crippen LogP contribution is -2.47. The standard InChI is InChI=1S/C22H28N2O.2ClH/c1-2-6-18(7-3-1)17-25-21-11-5-10-20(16-21)22(19-8-4-9-19)24-14-12-23-13-15-24;;/h1-3,5-7,10-11,16,19,22-23H,4,8-9,12-15,17H2;2*1H/t22-;;/m0../s1. The van der Waals surface area contributed by atoms with E-state index in [1.54, 1.807) is 0 Å². The van der Waals surface area contributed by atoms with Crippen LogP contribution in [0.4, 0.5) is 0 Å². The summed E-state index contributed by atoms with van der Waals surface area (Å²) in [6.45, 7) is 5.14. The first-order chi connectivity index (χ1) is 12.4. The van der Waals surface area contributed by atoms with Crippen LogP contribution in [-0.2, 0) is 6.61 Å². The SMILES string of the molecule is Cl.Cl.c1ccc(COc2cccc([C@H](C3CCC3)N3CCNCC3)c2)cc1. The smallest absolute Gasteiger partial charge is 0.120 e. The third-order valence-corrected chi connectivity index (χ3v) is 5.59.